The topological polar surface area (TPSA) is 33.4 Å². The maximum atomic E-state index is 13.2. The quantitative estimate of drug-likeness (QED) is 0.832. The van der Waals surface area contributed by atoms with Gasteiger partial charge in [0.25, 0.3) is 0 Å². The van der Waals surface area contributed by atoms with Crippen molar-refractivity contribution in [3.05, 3.63) is 24.2 Å². The Balaban J connectivity index is 1.72. The van der Waals surface area contributed by atoms with Gasteiger partial charge in [0.05, 0.1) is 5.69 Å². The van der Waals surface area contributed by atoms with Crippen LogP contribution in [0.3, 0.4) is 0 Å². The first-order chi connectivity index (χ1) is 9.31. The highest BCUT2D eigenvalue weighted by Crippen LogP contribution is 2.40. The van der Waals surface area contributed by atoms with Gasteiger partial charge in [-0.25, -0.2) is 13.9 Å². The second-order valence-corrected chi connectivity index (χ2v) is 5.59. The molecule has 100 valence electrons. The predicted octanol–water partition coefficient (Wildman–Crippen LogP) is 2.55. The number of hydrogen-bond acceptors (Lipinski definition) is 3. The first kappa shape index (κ1) is 11.2. The molecule has 1 saturated heterocycles. The molecule has 1 saturated carbocycles. The average molecular weight is 260 g/mol. The molecule has 19 heavy (non-hydrogen) atoms. The van der Waals surface area contributed by atoms with Crippen molar-refractivity contribution >= 4 is 11.3 Å². The minimum absolute atomic E-state index is 0.604. The zero-order chi connectivity index (χ0) is 12.8. The van der Waals surface area contributed by atoms with E-state index in [1.165, 1.54) is 18.5 Å². The van der Waals surface area contributed by atoms with Crippen molar-refractivity contribution in [2.24, 2.45) is 0 Å². The standard InChI is InChI=1S/C14H17FN4/c15-11-3-6-18(7-4-11)14-13-9-12(10-1-2-10)17-19(13)8-5-16-14/h5,8-11H,1-4,6-7H2. The summed E-state index contributed by atoms with van der Waals surface area (Å²) in [6, 6.07) is 2.15. The molecule has 2 aromatic rings. The molecule has 4 nitrogen and oxygen atoms in total. The molecule has 5 heteroatoms. The SMILES string of the molecule is FC1CCN(c2nccn3nc(C4CC4)cc23)CC1. The smallest absolute Gasteiger partial charge is 0.154 e. The summed E-state index contributed by atoms with van der Waals surface area (Å²) < 4.78 is 15.2. The number of alkyl halides is 1. The highest BCUT2D eigenvalue weighted by atomic mass is 19.1. The summed E-state index contributed by atoms with van der Waals surface area (Å²) in [4.78, 5) is 6.68. The Kier molecular flexibility index (Phi) is 2.47. The lowest BCUT2D eigenvalue weighted by Gasteiger charge is -2.29. The third kappa shape index (κ3) is 1.97. The normalized spacial score (nSPS) is 21.2. The van der Waals surface area contributed by atoms with E-state index < -0.39 is 6.17 Å². The molecule has 0 amide bonds. The molecule has 2 fully saturated rings. The fraction of sp³-hybridized carbons (Fsp3) is 0.571. The zero-order valence-corrected chi connectivity index (χ0v) is 10.8. The summed E-state index contributed by atoms with van der Waals surface area (Å²) in [5, 5.41) is 4.62. The molecular formula is C14H17FN4. The maximum Gasteiger partial charge on any atom is 0.154 e. The molecule has 0 spiro atoms. The fourth-order valence-corrected chi connectivity index (χ4v) is 2.81. The first-order valence-corrected chi connectivity index (χ1v) is 7.04. The summed E-state index contributed by atoms with van der Waals surface area (Å²) >= 11 is 0. The van der Waals surface area contributed by atoms with E-state index in [0.29, 0.717) is 18.8 Å². The molecule has 4 rings (SSSR count). The van der Waals surface area contributed by atoms with Crippen LogP contribution in [0.5, 0.6) is 0 Å². The van der Waals surface area contributed by atoms with Crippen molar-refractivity contribution < 1.29 is 4.39 Å². The zero-order valence-electron chi connectivity index (χ0n) is 10.8. The second kappa shape index (κ2) is 4.18. The summed E-state index contributed by atoms with van der Waals surface area (Å²) in [7, 11) is 0. The molecule has 0 bridgehead atoms. The predicted molar refractivity (Wildman–Crippen MR) is 71.3 cm³/mol. The van der Waals surface area contributed by atoms with Crippen LogP contribution in [-0.2, 0) is 0 Å². The van der Waals surface area contributed by atoms with E-state index in [0.717, 1.165) is 24.4 Å². The molecule has 0 atom stereocenters. The minimum atomic E-state index is -0.650. The van der Waals surface area contributed by atoms with E-state index in [-0.39, 0.29) is 0 Å². The van der Waals surface area contributed by atoms with Crippen molar-refractivity contribution in [1.82, 2.24) is 14.6 Å². The summed E-state index contributed by atoms with van der Waals surface area (Å²) in [6.45, 7) is 1.50. The Labute approximate surface area is 111 Å². The van der Waals surface area contributed by atoms with Crippen LogP contribution < -0.4 is 4.90 Å². The number of nitrogens with zero attached hydrogens (tertiary/aromatic N) is 4. The van der Waals surface area contributed by atoms with Crippen LogP contribution >= 0.6 is 0 Å². The average Bonchev–Trinajstić information content (AvgIpc) is 3.18. The van der Waals surface area contributed by atoms with Gasteiger partial charge in [0.2, 0.25) is 0 Å². The molecule has 0 aromatic carbocycles. The number of hydrogen-bond donors (Lipinski definition) is 0. The van der Waals surface area contributed by atoms with Gasteiger partial charge in [-0.2, -0.15) is 5.10 Å². The van der Waals surface area contributed by atoms with E-state index in [1.54, 1.807) is 6.20 Å². The Morgan fingerprint density at radius 2 is 1.95 bits per heavy atom. The lowest BCUT2D eigenvalue weighted by Crippen LogP contribution is -2.35. The van der Waals surface area contributed by atoms with Crippen LogP contribution in [-0.4, -0.2) is 33.9 Å². The van der Waals surface area contributed by atoms with Crippen molar-refractivity contribution in [1.29, 1.82) is 0 Å². The van der Waals surface area contributed by atoms with Gasteiger partial charge in [-0.1, -0.05) is 0 Å². The maximum absolute atomic E-state index is 13.2. The Morgan fingerprint density at radius 3 is 2.68 bits per heavy atom. The number of halogens is 1. The van der Waals surface area contributed by atoms with Crippen LogP contribution in [0.2, 0.25) is 0 Å². The van der Waals surface area contributed by atoms with Gasteiger partial charge in [0.1, 0.15) is 11.7 Å². The van der Waals surface area contributed by atoms with Crippen LogP contribution in [0.4, 0.5) is 10.2 Å². The Bertz CT molecular complexity index is 597. The van der Waals surface area contributed by atoms with Crippen molar-refractivity contribution in [3.8, 4) is 0 Å². The molecule has 2 aromatic heterocycles. The van der Waals surface area contributed by atoms with Crippen molar-refractivity contribution in [2.45, 2.75) is 37.8 Å². The van der Waals surface area contributed by atoms with Crippen LogP contribution in [0.25, 0.3) is 5.52 Å². The van der Waals surface area contributed by atoms with Crippen LogP contribution in [0.15, 0.2) is 18.5 Å². The fourth-order valence-electron chi connectivity index (χ4n) is 2.81. The highest BCUT2D eigenvalue weighted by Gasteiger charge is 2.28. The van der Waals surface area contributed by atoms with Gasteiger partial charge >= 0.3 is 0 Å². The Morgan fingerprint density at radius 1 is 1.16 bits per heavy atom. The molecular weight excluding hydrogens is 243 g/mol. The van der Waals surface area contributed by atoms with Gasteiger partial charge in [-0.05, 0) is 31.7 Å². The summed E-state index contributed by atoms with van der Waals surface area (Å²) in [6.07, 6.45) is 6.74. The van der Waals surface area contributed by atoms with Gasteiger partial charge < -0.3 is 4.90 Å². The van der Waals surface area contributed by atoms with Crippen LogP contribution in [0.1, 0.15) is 37.3 Å². The molecule has 0 radical (unpaired) electrons. The molecule has 0 N–H and O–H groups in total. The number of piperidine rings is 1. The number of rotatable bonds is 2. The monoisotopic (exact) mass is 260 g/mol. The summed E-state index contributed by atoms with van der Waals surface area (Å²) in [5.74, 6) is 1.60. The third-order valence-electron chi connectivity index (χ3n) is 4.11. The summed E-state index contributed by atoms with van der Waals surface area (Å²) in [5.41, 5.74) is 2.23. The molecule has 3 heterocycles. The van der Waals surface area contributed by atoms with Gasteiger partial charge in [-0.15, -0.1) is 0 Å². The lowest BCUT2D eigenvalue weighted by atomic mass is 10.1. The van der Waals surface area contributed by atoms with Gasteiger partial charge in [0, 0.05) is 31.4 Å². The largest absolute Gasteiger partial charge is 0.355 e. The van der Waals surface area contributed by atoms with Crippen molar-refractivity contribution in [3.63, 3.8) is 0 Å². The van der Waals surface area contributed by atoms with E-state index in [1.807, 2.05) is 10.7 Å². The van der Waals surface area contributed by atoms with Gasteiger partial charge in [0.15, 0.2) is 5.82 Å². The first-order valence-electron chi connectivity index (χ1n) is 7.04. The molecule has 2 aliphatic rings. The molecule has 1 aliphatic carbocycles. The second-order valence-electron chi connectivity index (χ2n) is 5.59. The van der Waals surface area contributed by atoms with Crippen LogP contribution in [0, 0.1) is 0 Å². The van der Waals surface area contributed by atoms with E-state index in [2.05, 4.69) is 21.0 Å². The number of aromatic nitrogens is 3. The lowest BCUT2D eigenvalue weighted by molar-refractivity contribution is 0.277. The van der Waals surface area contributed by atoms with E-state index >= 15 is 0 Å². The highest BCUT2D eigenvalue weighted by molar-refractivity contribution is 5.69. The molecule has 0 unspecified atom stereocenters. The molecule has 1 aliphatic heterocycles. The van der Waals surface area contributed by atoms with Gasteiger partial charge in [-0.3, -0.25) is 0 Å². The number of anilines is 1. The van der Waals surface area contributed by atoms with Crippen molar-refractivity contribution in [2.75, 3.05) is 18.0 Å². The van der Waals surface area contributed by atoms with E-state index in [4.69, 9.17) is 0 Å². The Hall–Kier alpha value is -1.65. The number of fused-ring (bicyclic) bond motifs is 1. The third-order valence-corrected chi connectivity index (χ3v) is 4.11. The van der Waals surface area contributed by atoms with E-state index in [9.17, 15) is 4.39 Å². The minimum Gasteiger partial charge on any atom is -0.355 e.